The molecular weight excluding hydrogens is 356 g/mol. The van der Waals surface area contributed by atoms with E-state index in [2.05, 4.69) is 0 Å². The first-order valence-electron chi connectivity index (χ1n) is 11.5. The van der Waals surface area contributed by atoms with Crippen molar-refractivity contribution in [2.24, 2.45) is 35.3 Å². The molecule has 1 heterocycles. The number of aliphatic hydroxyl groups is 2. The summed E-state index contributed by atoms with van der Waals surface area (Å²) in [5.74, 6) is 0.715. The third kappa shape index (κ3) is 3.98. The number of likely N-dealkylation sites (tertiary alicyclic amines) is 1. The quantitative estimate of drug-likeness (QED) is 0.672. The van der Waals surface area contributed by atoms with Crippen LogP contribution in [-0.4, -0.2) is 65.1 Å². The summed E-state index contributed by atoms with van der Waals surface area (Å²) in [4.78, 5) is 15.4. The molecule has 28 heavy (non-hydrogen) atoms. The fraction of sp³-hybridized carbons (Fsp3) is 0.955. The summed E-state index contributed by atoms with van der Waals surface area (Å²) in [6.45, 7) is 4.05. The molecule has 6 nitrogen and oxygen atoms in total. The van der Waals surface area contributed by atoms with Crippen LogP contribution in [0.2, 0.25) is 0 Å². The van der Waals surface area contributed by atoms with Gasteiger partial charge in [0.1, 0.15) is 0 Å². The number of carbonyl (C=O) groups is 1. The Balaban J connectivity index is 1.46. The lowest BCUT2D eigenvalue weighted by molar-refractivity contribution is -0.169. The van der Waals surface area contributed by atoms with E-state index in [1.807, 2.05) is 11.8 Å². The molecule has 160 valence electrons. The molecule has 8 atom stereocenters. The van der Waals surface area contributed by atoms with Gasteiger partial charge in [-0.2, -0.15) is 0 Å². The summed E-state index contributed by atoms with van der Waals surface area (Å²) >= 11 is 0. The minimum absolute atomic E-state index is 0.00396. The highest BCUT2D eigenvalue weighted by Crippen LogP contribution is 2.39. The van der Waals surface area contributed by atoms with Gasteiger partial charge >= 0.3 is 0 Å². The molecule has 0 aromatic rings. The van der Waals surface area contributed by atoms with Gasteiger partial charge in [-0.1, -0.05) is 26.2 Å². The van der Waals surface area contributed by atoms with E-state index in [1.165, 1.54) is 25.7 Å². The molecule has 1 saturated heterocycles. The van der Waals surface area contributed by atoms with Gasteiger partial charge in [-0.3, -0.25) is 4.79 Å². The molecule has 0 aromatic heterocycles. The van der Waals surface area contributed by atoms with Gasteiger partial charge in [-0.05, 0) is 43.4 Å². The second-order valence-corrected chi connectivity index (χ2v) is 9.97. The maximum atomic E-state index is 13.5. The lowest BCUT2D eigenvalue weighted by Crippen LogP contribution is -2.56. The molecule has 4 aliphatic rings. The molecule has 1 aliphatic heterocycles. The van der Waals surface area contributed by atoms with Crippen molar-refractivity contribution >= 4 is 5.91 Å². The maximum absolute atomic E-state index is 13.5. The third-order valence-corrected chi connectivity index (χ3v) is 8.13. The van der Waals surface area contributed by atoms with Crippen LogP contribution in [-0.2, 0) is 9.53 Å². The van der Waals surface area contributed by atoms with Crippen molar-refractivity contribution in [2.45, 2.75) is 82.6 Å². The highest BCUT2D eigenvalue weighted by Gasteiger charge is 2.50. The van der Waals surface area contributed by atoms with Crippen LogP contribution in [0.5, 0.6) is 0 Å². The van der Waals surface area contributed by atoms with Crippen LogP contribution in [0.3, 0.4) is 0 Å². The van der Waals surface area contributed by atoms with E-state index in [-0.39, 0.29) is 24.3 Å². The Labute approximate surface area is 168 Å². The van der Waals surface area contributed by atoms with E-state index in [4.69, 9.17) is 10.5 Å². The number of hydrogen-bond donors (Lipinski definition) is 3. The summed E-state index contributed by atoms with van der Waals surface area (Å²) in [7, 11) is 0. The second kappa shape index (κ2) is 8.58. The van der Waals surface area contributed by atoms with Gasteiger partial charge in [0.05, 0.1) is 24.2 Å². The summed E-state index contributed by atoms with van der Waals surface area (Å²) in [6, 6.07) is 0.183. The zero-order valence-corrected chi connectivity index (χ0v) is 17.2. The number of rotatable bonds is 4. The molecule has 0 radical (unpaired) electrons. The molecule has 4 fully saturated rings. The van der Waals surface area contributed by atoms with E-state index >= 15 is 0 Å². The molecule has 3 saturated carbocycles. The van der Waals surface area contributed by atoms with Crippen molar-refractivity contribution < 1.29 is 19.7 Å². The molecule has 4 N–H and O–H groups in total. The van der Waals surface area contributed by atoms with Gasteiger partial charge in [0, 0.05) is 38.1 Å². The van der Waals surface area contributed by atoms with E-state index in [0.29, 0.717) is 30.9 Å². The van der Waals surface area contributed by atoms with Crippen molar-refractivity contribution in [2.75, 3.05) is 19.7 Å². The molecule has 1 amide bonds. The van der Waals surface area contributed by atoms with Crippen LogP contribution in [0.1, 0.15) is 58.3 Å². The molecule has 0 aromatic carbocycles. The molecular formula is C22H38N2O4. The first kappa shape index (κ1) is 20.6. The lowest BCUT2D eigenvalue weighted by Gasteiger charge is -2.43. The Morgan fingerprint density at radius 1 is 1.07 bits per heavy atom. The Kier molecular flexibility index (Phi) is 6.31. The number of amides is 1. The monoisotopic (exact) mass is 394 g/mol. The highest BCUT2D eigenvalue weighted by molar-refractivity contribution is 5.80. The Hall–Kier alpha value is -0.690. The van der Waals surface area contributed by atoms with Crippen molar-refractivity contribution in [1.29, 1.82) is 0 Å². The van der Waals surface area contributed by atoms with Crippen LogP contribution in [0.25, 0.3) is 0 Å². The summed E-state index contributed by atoms with van der Waals surface area (Å²) in [5, 5.41) is 21.1. The third-order valence-electron chi connectivity index (χ3n) is 8.13. The van der Waals surface area contributed by atoms with Crippen molar-refractivity contribution in [3.63, 3.8) is 0 Å². The standard InChI is InChI=1S/C22H38N2O4/c1-13-18(25)9-19(26)20(21(13)28-12-14-5-2-3-6-14)22(27)24-10-15-7-4-8-17(23)16(15)11-24/h13-21,25-26H,2-12,23H2,1H3. The number of nitrogens with two attached hydrogens (primary N) is 1. The zero-order valence-electron chi connectivity index (χ0n) is 17.2. The van der Waals surface area contributed by atoms with Gasteiger partial charge in [0.15, 0.2) is 0 Å². The zero-order chi connectivity index (χ0) is 19.8. The largest absolute Gasteiger partial charge is 0.393 e. The highest BCUT2D eigenvalue weighted by atomic mass is 16.5. The predicted octanol–water partition coefficient (Wildman–Crippen LogP) is 1.53. The van der Waals surface area contributed by atoms with Gasteiger partial charge in [-0.25, -0.2) is 0 Å². The average Bonchev–Trinajstić information content (AvgIpc) is 3.33. The minimum atomic E-state index is -0.844. The second-order valence-electron chi connectivity index (χ2n) is 9.97. The van der Waals surface area contributed by atoms with Crippen LogP contribution in [0, 0.1) is 29.6 Å². The topological polar surface area (TPSA) is 96.0 Å². The Bertz CT molecular complexity index is 553. The summed E-state index contributed by atoms with van der Waals surface area (Å²) in [6.07, 6.45) is 6.56. The molecule has 3 aliphatic carbocycles. The van der Waals surface area contributed by atoms with E-state index < -0.39 is 24.2 Å². The number of ether oxygens (including phenoxy) is 1. The minimum Gasteiger partial charge on any atom is -0.393 e. The van der Waals surface area contributed by atoms with Gasteiger partial charge in [0.25, 0.3) is 0 Å². The number of fused-ring (bicyclic) bond motifs is 1. The summed E-state index contributed by atoms with van der Waals surface area (Å²) in [5.41, 5.74) is 6.33. The Morgan fingerprint density at radius 2 is 1.82 bits per heavy atom. The normalized spacial score (nSPS) is 44.6. The van der Waals surface area contributed by atoms with Gasteiger partial charge in [0.2, 0.25) is 5.91 Å². The average molecular weight is 395 g/mol. The first-order chi connectivity index (χ1) is 13.5. The van der Waals surface area contributed by atoms with Gasteiger partial charge in [-0.15, -0.1) is 0 Å². The lowest BCUT2D eigenvalue weighted by atomic mass is 9.75. The van der Waals surface area contributed by atoms with Crippen molar-refractivity contribution in [3.8, 4) is 0 Å². The first-order valence-corrected chi connectivity index (χ1v) is 11.5. The van der Waals surface area contributed by atoms with Crippen LogP contribution in [0.4, 0.5) is 0 Å². The van der Waals surface area contributed by atoms with E-state index in [1.54, 1.807) is 0 Å². The molecule has 0 bridgehead atoms. The number of carbonyl (C=O) groups excluding carboxylic acids is 1. The smallest absolute Gasteiger partial charge is 0.230 e. The van der Waals surface area contributed by atoms with E-state index in [9.17, 15) is 15.0 Å². The predicted molar refractivity (Wildman–Crippen MR) is 106 cm³/mol. The number of aliphatic hydroxyl groups excluding tert-OH is 2. The Morgan fingerprint density at radius 3 is 2.54 bits per heavy atom. The summed E-state index contributed by atoms with van der Waals surface area (Å²) < 4.78 is 6.26. The fourth-order valence-electron chi connectivity index (χ4n) is 6.27. The fourth-order valence-corrected chi connectivity index (χ4v) is 6.27. The molecule has 8 unspecified atom stereocenters. The molecule has 4 rings (SSSR count). The van der Waals surface area contributed by atoms with Crippen molar-refractivity contribution in [3.05, 3.63) is 0 Å². The van der Waals surface area contributed by atoms with E-state index in [0.717, 1.165) is 25.8 Å². The SMILES string of the molecule is CC1C(O)CC(O)C(C(=O)N2CC3CCCC(N)C3C2)C1OCC1CCCC1. The molecule has 6 heteroatoms. The van der Waals surface area contributed by atoms with Crippen LogP contribution < -0.4 is 5.73 Å². The number of hydrogen-bond acceptors (Lipinski definition) is 5. The molecule has 0 spiro atoms. The van der Waals surface area contributed by atoms with Gasteiger partial charge < -0.3 is 25.6 Å². The maximum Gasteiger partial charge on any atom is 0.230 e. The van der Waals surface area contributed by atoms with Crippen LogP contribution >= 0.6 is 0 Å². The number of nitrogens with zero attached hydrogens (tertiary/aromatic N) is 1. The van der Waals surface area contributed by atoms with Crippen LogP contribution in [0.15, 0.2) is 0 Å². The van der Waals surface area contributed by atoms with Crippen molar-refractivity contribution in [1.82, 2.24) is 4.90 Å².